The van der Waals surface area contributed by atoms with Gasteiger partial charge in [-0.1, -0.05) is 36.4 Å². The van der Waals surface area contributed by atoms with Gasteiger partial charge in [-0.2, -0.15) is 0 Å². The van der Waals surface area contributed by atoms with Gasteiger partial charge in [0.15, 0.2) is 0 Å². The van der Waals surface area contributed by atoms with Crippen LogP contribution in [-0.4, -0.2) is 19.3 Å². The summed E-state index contributed by atoms with van der Waals surface area (Å²) in [5.41, 5.74) is 0.396. The average molecular weight is 353 g/mol. The number of pyridine rings is 1. The smallest absolute Gasteiger partial charge is 0.261 e. The zero-order valence-corrected chi connectivity index (χ0v) is 13.9. The molecule has 0 aliphatic carbocycles. The molecule has 1 aromatic heterocycles. The number of aromatic nitrogens is 1. The van der Waals surface area contributed by atoms with Gasteiger partial charge in [-0.3, -0.25) is 9.52 Å². The topological polar surface area (TPSA) is 88.2 Å². The van der Waals surface area contributed by atoms with Crippen LogP contribution in [0.1, 0.15) is 10.4 Å². The Balaban J connectivity index is 1.88. The number of sulfonamides is 1. The summed E-state index contributed by atoms with van der Waals surface area (Å²) in [5.74, 6) is -0.0710. The maximum absolute atomic E-state index is 12.5. The molecule has 0 radical (unpaired) electrons. The minimum atomic E-state index is -3.79. The Morgan fingerprint density at radius 2 is 1.52 bits per heavy atom. The molecule has 0 unspecified atom stereocenters. The molecule has 3 aromatic rings. The number of benzene rings is 2. The predicted octanol–water partition coefficient (Wildman–Crippen LogP) is 3.13. The largest absolute Gasteiger partial charge is 0.306 e. The molecule has 25 heavy (non-hydrogen) atoms. The minimum Gasteiger partial charge on any atom is -0.306 e. The zero-order chi connectivity index (χ0) is 17.7. The molecule has 0 spiro atoms. The number of carbonyl (C=O) groups is 1. The standard InChI is InChI=1S/C18H15N3O3S/c22-18(20-17-12-6-7-13-19-17)15-10-4-5-11-16(15)21-25(23,24)14-8-2-1-3-9-14/h1-13,21H,(H,19,20,22). The van der Waals surface area contributed by atoms with Crippen LogP contribution in [0.4, 0.5) is 11.5 Å². The third-order valence-corrected chi connectivity index (χ3v) is 4.76. The number of amides is 1. The van der Waals surface area contributed by atoms with Crippen LogP contribution in [0.15, 0.2) is 83.9 Å². The fraction of sp³-hybridized carbons (Fsp3) is 0. The number of para-hydroxylation sites is 1. The maximum Gasteiger partial charge on any atom is 0.261 e. The van der Waals surface area contributed by atoms with Crippen LogP contribution in [0.3, 0.4) is 0 Å². The van der Waals surface area contributed by atoms with Crippen molar-refractivity contribution in [3.8, 4) is 0 Å². The minimum absolute atomic E-state index is 0.120. The Bertz CT molecular complexity index is 975. The van der Waals surface area contributed by atoms with E-state index in [1.165, 1.54) is 18.2 Å². The Hall–Kier alpha value is -3.19. The highest BCUT2D eigenvalue weighted by Crippen LogP contribution is 2.21. The van der Waals surface area contributed by atoms with Crippen LogP contribution in [0.25, 0.3) is 0 Å². The van der Waals surface area contributed by atoms with Gasteiger partial charge in [0.05, 0.1) is 16.1 Å². The number of hydrogen-bond donors (Lipinski definition) is 2. The van der Waals surface area contributed by atoms with Gasteiger partial charge < -0.3 is 5.32 Å². The average Bonchev–Trinajstić information content (AvgIpc) is 2.63. The third kappa shape index (κ3) is 4.02. The van der Waals surface area contributed by atoms with Crippen LogP contribution in [-0.2, 0) is 10.0 Å². The van der Waals surface area contributed by atoms with E-state index < -0.39 is 15.9 Å². The summed E-state index contributed by atoms with van der Waals surface area (Å²) in [7, 11) is -3.79. The first-order valence-electron chi connectivity index (χ1n) is 7.45. The van der Waals surface area contributed by atoms with Gasteiger partial charge in [-0.15, -0.1) is 0 Å². The molecule has 0 bridgehead atoms. The normalized spacial score (nSPS) is 10.9. The highest BCUT2D eigenvalue weighted by atomic mass is 32.2. The van der Waals surface area contributed by atoms with Gasteiger partial charge in [-0.25, -0.2) is 13.4 Å². The van der Waals surface area contributed by atoms with Crippen LogP contribution < -0.4 is 10.0 Å². The molecule has 0 aliphatic rings. The first-order chi connectivity index (χ1) is 12.1. The van der Waals surface area contributed by atoms with E-state index in [1.807, 2.05) is 0 Å². The second kappa shape index (κ2) is 7.14. The van der Waals surface area contributed by atoms with Crippen molar-refractivity contribution < 1.29 is 13.2 Å². The Kier molecular flexibility index (Phi) is 4.76. The van der Waals surface area contributed by atoms with Gasteiger partial charge in [0.2, 0.25) is 0 Å². The summed E-state index contributed by atoms with van der Waals surface area (Å²) >= 11 is 0. The number of carbonyl (C=O) groups excluding carboxylic acids is 1. The Morgan fingerprint density at radius 1 is 0.840 bits per heavy atom. The van der Waals surface area contributed by atoms with E-state index in [-0.39, 0.29) is 16.1 Å². The lowest BCUT2D eigenvalue weighted by Gasteiger charge is -2.12. The van der Waals surface area contributed by atoms with Crippen molar-refractivity contribution in [2.24, 2.45) is 0 Å². The molecule has 126 valence electrons. The number of anilines is 2. The van der Waals surface area contributed by atoms with Crippen molar-refractivity contribution >= 4 is 27.4 Å². The SMILES string of the molecule is O=C(Nc1ccccn1)c1ccccc1NS(=O)(=O)c1ccccc1. The lowest BCUT2D eigenvalue weighted by molar-refractivity contribution is 0.102. The number of rotatable bonds is 5. The lowest BCUT2D eigenvalue weighted by atomic mass is 10.1. The van der Waals surface area contributed by atoms with Gasteiger partial charge in [0, 0.05) is 6.20 Å². The van der Waals surface area contributed by atoms with E-state index in [9.17, 15) is 13.2 Å². The van der Waals surface area contributed by atoms with Crippen molar-refractivity contribution in [2.75, 3.05) is 10.0 Å². The number of nitrogens with one attached hydrogen (secondary N) is 2. The third-order valence-electron chi connectivity index (χ3n) is 3.38. The molecular weight excluding hydrogens is 338 g/mol. The van der Waals surface area contributed by atoms with Crippen LogP contribution in [0.2, 0.25) is 0 Å². The second-order valence-corrected chi connectivity index (χ2v) is 6.82. The predicted molar refractivity (Wildman–Crippen MR) is 95.9 cm³/mol. The van der Waals surface area contributed by atoms with Gasteiger partial charge in [0.25, 0.3) is 15.9 Å². The van der Waals surface area contributed by atoms with Crippen molar-refractivity contribution in [3.05, 3.63) is 84.6 Å². The van der Waals surface area contributed by atoms with Gasteiger partial charge in [-0.05, 0) is 36.4 Å². The van der Waals surface area contributed by atoms with Crippen LogP contribution >= 0.6 is 0 Å². The second-order valence-electron chi connectivity index (χ2n) is 5.13. The van der Waals surface area contributed by atoms with Crippen molar-refractivity contribution in [1.82, 2.24) is 4.98 Å². The molecule has 0 saturated carbocycles. The fourth-order valence-corrected chi connectivity index (χ4v) is 3.29. The first kappa shape index (κ1) is 16.7. The molecule has 0 atom stereocenters. The number of nitrogens with zero attached hydrogens (tertiary/aromatic N) is 1. The van der Waals surface area contributed by atoms with E-state index in [2.05, 4.69) is 15.0 Å². The molecule has 6 nitrogen and oxygen atoms in total. The quantitative estimate of drug-likeness (QED) is 0.737. The summed E-state index contributed by atoms with van der Waals surface area (Å²) < 4.78 is 27.4. The van der Waals surface area contributed by atoms with Gasteiger partial charge in [0.1, 0.15) is 5.82 Å². The molecule has 0 saturated heterocycles. The molecule has 0 fully saturated rings. The van der Waals surface area contributed by atoms with Crippen molar-refractivity contribution in [1.29, 1.82) is 0 Å². The van der Waals surface area contributed by atoms with Crippen molar-refractivity contribution in [3.63, 3.8) is 0 Å². The first-order valence-corrected chi connectivity index (χ1v) is 8.94. The van der Waals surface area contributed by atoms with Crippen molar-refractivity contribution in [2.45, 2.75) is 4.90 Å². The molecule has 2 N–H and O–H groups in total. The molecule has 1 heterocycles. The molecule has 2 aromatic carbocycles. The van der Waals surface area contributed by atoms with Crippen LogP contribution in [0, 0.1) is 0 Å². The lowest BCUT2D eigenvalue weighted by Crippen LogP contribution is -2.18. The monoisotopic (exact) mass is 353 g/mol. The summed E-state index contributed by atoms with van der Waals surface area (Å²) in [5, 5.41) is 2.64. The Morgan fingerprint density at radius 3 is 2.24 bits per heavy atom. The van der Waals surface area contributed by atoms with E-state index in [0.717, 1.165) is 0 Å². The molecule has 7 heteroatoms. The summed E-state index contributed by atoms with van der Waals surface area (Å²) in [6.45, 7) is 0. The molecule has 0 aliphatic heterocycles. The Labute approximate surface area is 145 Å². The van der Waals surface area contributed by atoms with E-state index in [0.29, 0.717) is 5.82 Å². The highest BCUT2D eigenvalue weighted by Gasteiger charge is 2.18. The molecular formula is C18H15N3O3S. The summed E-state index contributed by atoms with van der Waals surface area (Å²) in [6.07, 6.45) is 1.56. The molecule has 1 amide bonds. The maximum atomic E-state index is 12.5. The fourth-order valence-electron chi connectivity index (χ4n) is 2.19. The van der Waals surface area contributed by atoms with E-state index in [1.54, 1.807) is 60.8 Å². The zero-order valence-electron chi connectivity index (χ0n) is 13.1. The molecule has 3 rings (SSSR count). The van der Waals surface area contributed by atoms with E-state index >= 15 is 0 Å². The van der Waals surface area contributed by atoms with Gasteiger partial charge >= 0.3 is 0 Å². The van der Waals surface area contributed by atoms with Crippen LogP contribution in [0.5, 0.6) is 0 Å². The summed E-state index contributed by atoms with van der Waals surface area (Å²) in [6, 6.07) is 19.5. The highest BCUT2D eigenvalue weighted by molar-refractivity contribution is 7.92. The summed E-state index contributed by atoms with van der Waals surface area (Å²) in [4.78, 5) is 16.6. The number of hydrogen-bond acceptors (Lipinski definition) is 4. The van der Waals surface area contributed by atoms with E-state index in [4.69, 9.17) is 0 Å².